The Morgan fingerprint density at radius 1 is 1.53 bits per heavy atom. The number of aliphatic hydroxyl groups excluding tert-OH is 1. The van der Waals surface area contributed by atoms with E-state index in [2.05, 4.69) is 26.7 Å². The van der Waals surface area contributed by atoms with Crippen molar-refractivity contribution in [2.45, 2.75) is 0 Å². The molecule has 1 aromatic heterocycles. The van der Waals surface area contributed by atoms with E-state index in [4.69, 9.17) is 5.11 Å². The maximum Gasteiger partial charge on any atom is 0.259 e. The zero-order valence-corrected chi connectivity index (χ0v) is 10.4. The van der Waals surface area contributed by atoms with Gasteiger partial charge in [0.05, 0.1) is 11.8 Å². The highest BCUT2D eigenvalue weighted by Crippen LogP contribution is 2.15. The molecule has 0 bridgehead atoms. The van der Waals surface area contributed by atoms with Gasteiger partial charge in [-0.2, -0.15) is 0 Å². The van der Waals surface area contributed by atoms with Crippen LogP contribution in [0.4, 0.5) is 9.39 Å². The van der Waals surface area contributed by atoms with Gasteiger partial charge in [-0.3, -0.25) is 4.79 Å². The second-order valence-electron chi connectivity index (χ2n) is 3.39. The molecule has 0 saturated heterocycles. The highest BCUT2D eigenvalue weighted by Gasteiger charge is 2.13. The number of carbonyl (C=O) groups excluding carboxylic acids is 1. The predicted octanol–water partition coefficient (Wildman–Crippen LogP) is 1.27. The molecule has 1 aromatic carbocycles. The average molecular weight is 277 g/mol. The van der Waals surface area contributed by atoms with Crippen LogP contribution in [0, 0.1) is 17.7 Å². The summed E-state index contributed by atoms with van der Waals surface area (Å²) in [5.41, 5.74) is 0.321. The topological polar surface area (TPSA) is 75.1 Å². The Kier molecular flexibility index (Phi) is 4.18. The van der Waals surface area contributed by atoms with Crippen molar-refractivity contribution in [2.24, 2.45) is 0 Å². The van der Waals surface area contributed by atoms with Gasteiger partial charge in [0.15, 0.2) is 0 Å². The summed E-state index contributed by atoms with van der Waals surface area (Å²) in [6, 6.07) is 3.91. The van der Waals surface area contributed by atoms with Gasteiger partial charge in [0.25, 0.3) is 5.91 Å². The molecule has 1 heterocycles. The Labute approximate surface area is 112 Å². The highest BCUT2D eigenvalue weighted by atomic mass is 32.1. The fraction of sp³-hybridized carbons (Fsp3) is 0.0833. The van der Waals surface area contributed by atoms with Gasteiger partial charge in [-0.1, -0.05) is 16.3 Å². The number of benzene rings is 1. The third-order valence-electron chi connectivity index (χ3n) is 2.12. The lowest BCUT2D eigenvalue weighted by atomic mass is 10.1. The number of hydrogen-bond donors (Lipinski definition) is 2. The van der Waals surface area contributed by atoms with Gasteiger partial charge < -0.3 is 10.4 Å². The lowest BCUT2D eigenvalue weighted by molar-refractivity contribution is 0.102. The number of rotatable bonds is 2. The minimum Gasteiger partial charge on any atom is -0.384 e. The van der Waals surface area contributed by atoms with Crippen molar-refractivity contribution in [2.75, 3.05) is 11.9 Å². The molecule has 0 aliphatic rings. The maximum atomic E-state index is 13.6. The normalized spacial score (nSPS) is 9.58. The van der Waals surface area contributed by atoms with Crippen LogP contribution in [0.3, 0.4) is 0 Å². The zero-order chi connectivity index (χ0) is 13.7. The first-order chi connectivity index (χ1) is 9.20. The second-order valence-corrected chi connectivity index (χ2v) is 4.18. The van der Waals surface area contributed by atoms with Crippen molar-refractivity contribution in [3.05, 3.63) is 41.3 Å². The van der Waals surface area contributed by atoms with E-state index in [0.29, 0.717) is 10.6 Å². The number of halogens is 1. The molecule has 0 atom stereocenters. The number of nitrogens with one attached hydrogen (secondary N) is 1. The number of aliphatic hydroxyl groups is 1. The van der Waals surface area contributed by atoms with E-state index in [9.17, 15) is 9.18 Å². The number of aromatic nitrogens is 2. The molecule has 2 N–H and O–H groups in total. The molecule has 0 spiro atoms. The van der Waals surface area contributed by atoms with Gasteiger partial charge in [-0.25, -0.2) is 4.39 Å². The van der Waals surface area contributed by atoms with Gasteiger partial charge in [0.1, 0.15) is 17.4 Å². The Hall–Kier alpha value is -2.30. The molecule has 96 valence electrons. The average Bonchev–Trinajstić information content (AvgIpc) is 2.90. The van der Waals surface area contributed by atoms with Crippen LogP contribution < -0.4 is 5.32 Å². The first kappa shape index (κ1) is 13.1. The van der Waals surface area contributed by atoms with E-state index in [1.807, 2.05) is 0 Å². The van der Waals surface area contributed by atoms with Crippen LogP contribution >= 0.6 is 11.5 Å². The predicted molar refractivity (Wildman–Crippen MR) is 68.2 cm³/mol. The minimum absolute atomic E-state index is 0.127. The monoisotopic (exact) mass is 277 g/mol. The van der Waals surface area contributed by atoms with Gasteiger partial charge in [0.2, 0.25) is 0 Å². The van der Waals surface area contributed by atoms with E-state index >= 15 is 0 Å². The van der Waals surface area contributed by atoms with Gasteiger partial charge in [0, 0.05) is 17.1 Å². The van der Waals surface area contributed by atoms with Crippen LogP contribution in [0.1, 0.15) is 15.9 Å². The molecule has 0 aliphatic heterocycles. The first-order valence-electron chi connectivity index (χ1n) is 5.18. The van der Waals surface area contributed by atoms with Gasteiger partial charge >= 0.3 is 0 Å². The SMILES string of the molecule is O=C(Nc1cnns1)c1cc(C#CCO)ccc1F. The molecule has 0 radical (unpaired) electrons. The fourth-order valence-corrected chi connectivity index (χ4v) is 1.73. The summed E-state index contributed by atoms with van der Waals surface area (Å²) in [4.78, 5) is 11.9. The number of anilines is 1. The standard InChI is InChI=1S/C12H8FN3O2S/c13-10-4-3-8(2-1-5-17)6-9(10)12(18)15-11-7-14-16-19-11/h3-4,6-7,17H,5H2,(H,15,18). The third-order valence-corrected chi connectivity index (χ3v) is 2.70. The van der Waals surface area contributed by atoms with Crippen LogP contribution in [0.15, 0.2) is 24.4 Å². The minimum atomic E-state index is -0.649. The van der Waals surface area contributed by atoms with Crippen molar-refractivity contribution >= 4 is 22.4 Å². The Morgan fingerprint density at radius 2 is 2.37 bits per heavy atom. The molecule has 5 nitrogen and oxygen atoms in total. The van der Waals surface area contributed by atoms with Crippen molar-refractivity contribution in [1.82, 2.24) is 9.59 Å². The summed E-state index contributed by atoms with van der Waals surface area (Å²) in [5, 5.41) is 15.1. The van der Waals surface area contributed by atoms with Crippen molar-refractivity contribution < 1.29 is 14.3 Å². The number of nitrogens with zero attached hydrogens (tertiary/aromatic N) is 2. The molecular weight excluding hydrogens is 269 g/mol. The van der Waals surface area contributed by atoms with E-state index in [1.54, 1.807) is 0 Å². The van der Waals surface area contributed by atoms with Crippen molar-refractivity contribution in [3.8, 4) is 11.8 Å². The number of carbonyl (C=O) groups is 1. The Balaban J connectivity index is 2.25. The van der Waals surface area contributed by atoms with Gasteiger partial charge in [-0.05, 0) is 18.2 Å². The van der Waals surface area contributed by atoms with Gasteiger partial charge in [-0.15, -0.1) is 5.10 Å². The quantitative estimate of drug-likeness (QED) is 0.811. The summed E-state index contributed by atoms with van der Waals surface area (Å²) in [6.07, 6.45) is 1.37. The van der Waals surface area contributed by atoms with Crippen LogP contribution in [0.2, 0.25) is 0 Å². The molecule has 2 rings (SSSR count). The number of amides is 1. The summed E-state index contributed by atoms with van der Waals surface area (Å²) >= 11 is 0.993. The third kappa shape index (κ3) is 3.34. The number of hydrogen-bond acceptors (Lipinski definition) is 5. The van der Waals surface area contributed by atoms with Crippen LogP contribution in [-0.4, -0.2) is 27.2 Å². The van der Waals surface area contributed by atoms with E-state index in [-0.39, 0.29) is 12.2 Å². The lowest BCUT2D eigenvalue weighted by Gasteiger charge is -2.03. The van der Waals surface area contributed by atoms with Crippen LogP contribution in [0.25, 0.3) is 0 Å². The van der Waals surface area contributed by atoms with Crippen LogP contribution in [-0.2, 0) is 0 Å². The van der Waals surface area contributed by atoms with E-state index in [1.165, 1.54) is 18.3 Å². The largest absolute Gasteiger partial charge is 0.384 e. The van der Waals surface area contributed by atoms with E-state index in [0.717, 1.165) is 17.6 Å². The summed E-state index contributed by atoms with van der Waals surface area (Å²) in [5.74, 6) is 3.79. The van der Waals surface area contributed by atoms with Crippen LogP contribution in [0.5, 0.6) is 0 Å². The fourth-order valence-electron chi connectivity index (χ4n) is 1.32. The summed E-state index contributed by atoms with van der Waals surface area (Å²) in [7, 11) is 0. The Morgan fingerprint density at radius 3 is 3.05 bits per heavy atom. The first-order valence-corrected chi connectivity index (χ1v) is 5.96. The smallest absolute Gasteiger partial charge is 0.259 e. The van der Waals surface area contributed by atoms with E-state index < -0.39 is 11.7 Å². The molecular formula is C12H8FN3O2S. The summed E-state index contributed by atoms with van der Waals surface area (Å²) in [6.45, 7) is -0.300. The van der Waals surface area contributed by atoms with Crippen molar-refractivity contribution in [3.63, 3.8) is 0 Å². The molecule has 0 saturated carbocycles. The van der Waals surface area contributed by atoms with Crippen molar-refractivity contribution in [1.29, 1.82) is 0 Å². The molecule has 0 fully saturated rings. The summed E-state index contributed by atoms with van der Waals surface area (Å²) < 4.78 is 17.2. The molecule has 0 unspecified atom stereocenters. The highest BCUT2D eigenvalue weighted by molar-refractivity contribution is 7.10. The molecule has 7 heteroatoms. The Bertz CT molecular complexity index is 647. The zero-order valence-electron chi connectivity index (χ0n) is 9.55. The molecule has 0 aliphatic carbocycles. The molecule has 2 aromatic rings. The molecule has 19 heavy (non-hydrogen) atoms. The second kappa shape index (κ2) is 6.04. The lowest BCUT2D eigenvalue weighted by Crippen LogP contribution is -2.13. The molecule has 1 amide bonds. The maximum absolute atomic E-state index is 13.6.